The molecule has 1 aromatic carbocycles. The van der Waals surface area contributed by atoms with Gasteiger partial charge >= 0.3 is 0 Å². The second-order valence-corrected chi connectivity index (χ2v) is 5.36. The molecular weight excluding hydrogens is 226 g/mol. The Bertz CT molecular complexity index is 386. The van der Waals surface area contributed by atoms with Gasteiger partial charge in [0.05, 0.1) is 7.11 Å². The van der Waals surface area contributed by atoms with Crippen LogP contribution in [0.15, 0.2) is 18.2 Å². The molecule has 3 nitrogen and oxygen atoms in total. The zero-order valence-corrected chi connectivity index (χ0v) is 11.9. The summed E-state index contributed by atoms with van der Waals surface area (Å²) in [7, 11) is 1.66. The van der Waals surface area contributed by atoms with Gasteiger partial charge < -0.3 is 15.6 Å². The van der Waals surface area contributed by atoms with Crippen LogP contribution in [0.2, 0.25) is 0 Å². The van der Waals surface area contributed by atoms with Crippen LogP contribution >= 0.6 is 0 Å². The number of rotatable bonds is 6. The normalized spacial score (nSPS) is 14.6. The molecule has 3 N–H and O–H groups in total. The summed E-state index contributed by atoms with van der Waals surface area (Å²) in [6.07, 6.45) is 1.43. The van der Waals surface area contributed by atoms with Crippen LogP contribution < -0.4 is 10.5 Å². The van der Waals surface area contributed by atoms with E-state index in [-0.39, 0.29) is 6.61 Å². The number of hydrogen-bond donors (Lipinski definition) is 2. The fourth-order valence-electron chi connectivity index (χ4n) is 2.11. The summed E-state index contributed by atoms with van der Waals surface area (Å²) < 4.78 is 5.40. The van der Waals surface area contributed by atoms with Gasteiger partial charge in [0.25, 0.3) is 0 Å². The standard InChI is InChI=1S/C15H25NO2/c1-11(2)12-6-7-14(18-4)13(10-12)15(3,16)8-5-9-17/h6-7,10-11,17H,5,8-9,16H2,1-4H3. The quantitative estimate of drug-likeness (QED) is 0.817. The molecule has 0 bridgehead atoms. The van der Waals surface area contributed by atoms with Crippen molar-refractivity contribution in [2.24, 2.45) is 5.73 Å². The van der Waals surface area contributed by atoms with Gasteiger partial charge in [0.2, 0.25) is 0 Å². The SMILES string of the molecule is COc1ccc(C(C)C)cc1C(C)(N)CCCO. The maximum absolute atomic E-state index is 8.96. The molecule has 0 heterocycles. The van der Waals surface area contributed by atoms with Gasteiger partial charge in [0.1, 0.15) is 5.75 Å². The van der Waals surface area contributed by atoms with Crippen molar-refractivity contribution in [3.05, 3.63) is 29.3 Å². The number of benzene rings is 1. The first-order valence-corrected chi connectivity index (χ1v) is 6.50. The Kier molecular flexibility index (Phi) is 5.17. The summed E-state index contributed by atoms with van der Waals surface area (Å²) >= 11 is 0. The predicted octanol–water partition coefficient (Wildman–Crippen LogP) is 2.77. The van der Waals surface area contributed by atoms with Crippen LogP contribution in [-0.2, 0) is 5.54 Å². The van der Waals surface area contributed by atoms with Gasteiger partial charge in [0, 0.05) is 17.7 Å². The molecule has 0 fully saturated rings. The summed E-state index contributed by atoms with van der Waals surface area (Å²) in [6, 6.07) is 6.19. The van der Waals surface area contributed by atoms with E-state index in [4.69, 9.17) is 15.6 Å². The number of nitrogens with two attached hydrogens (primary N) is 1. The van der Waals surface area contributed by atoms with Crippen molar-refractivity contribution in [2.45, 2.75) is 45.1 Å². The van der Waals surface area contributed by atoms with Crippen LogP contribution in [0.3, 0.4) is 0 Å². The molecular formula is C15H25NO2. The van der Waals surface area contributed by atoms with Crippen LogP contribution in [0.5, 0.6) is 5.75 Å². The van der Waals surface area contributed by atoms with Gasteiger partial charge in [-0.2, -0.15) is 0 Å². The molecule has 102 valence electrons. The van der Waals surface area contributed by atoms with Crippen molar-refractivity contribution in [1.82, 2.24) is 0 Å². The minimum atomic E-state index is -0.473. The molecule has 1 unspecified atom stereocenters. The monoisotopic (exact) mass is 251 g/mol. The topological polar surface area (TPSA) is 55.5 Å². The third-order valence-electron chi connectivity index (χ3n) is 3.36. The smallest absolute Gasteiger partial charge is 0.123 e. The van der Waals surface area contributed by atoms with Crippen molar-refractivity contribution in [1.29, 1.82) is 0 Å². The molecule has 0 saturated carbocycles. The second kappa shape index (κ2) is 6.21. The lowest BCUT2D eigenvalue weighted by atomic mass is 9.85. The van der Waals surface area contributed by atoms with E-state index in [2.05, 4.69) is 26.0 Å². The van der Waals surface area contributed by atoms with E-state index in [1.807, 2.05) is 13.0 Å². The molecule has 18 heavy (non-hydrogen) atoms. The minimum Gasteiger partial charge on any atom is -0.496 e. The molecule has 0 spiro atoms. The maximum Gasteiger partial charge on any atom is 0.123 e. The fraction of sp³-hybridized carbons (Fsp3) is 0.600. The Morgan fingerprint density at radius 1 is 1.39 bits per heavy atom. The van der Waals surface area contributed by atoms with Crippen molar-refractivity contribution >= 4 is 0 Å². The highest BCUT2D eigenvalue weighted by Crippen LogP contribution is 2.33. The molecule has 0 aliphatic heterocycles. The summed E-state index contributed by atoms with van der Waals surface area (Å²) in [4.78, 5) is 0. The minimum absolute atomic E-state index is 0.166. The largest absolute Gasteiger partial charge is 0.496 e. The Hall–Kier alpha value is -1.06. The number of aliphatic hydroxyl groups is 1. The van der Waals surface area contributed by atoms with Gasteiger partial charge in [-0.25, -0.2) is 0 Å². The van der Waals surface area contributed by atoms with Crippen molar-refractivity contribution < 1.29 is 9.84 Å². The van der Waals surface area contributed by atoms with Crippen LogP contribution in [0.1, 0.15) is 50.7 Å². The second-order valence-electron chi connectivity index (χ2n) is 5.36. The zero-order valence-electron chi connectivity index (χ0n) is 11.9. The number of hydrogen-bond acceptors (Lipinski definition) is 3. The highest BCUT2D eigenvalue weighted by molar-refractivity contribution is 5.42. The lowest BCUT2D eigenvalue weighted by Crippen LogP contribution is -2.33. The van der Waals surface area contributed by atoms with Gasteiger partial charge in [-0.05, 0) is 43.4 Å². The van der Waals surface area contributed by atoms with E-state index < -0.39 is 5.54 Å². The molecule has 0 aliphatic rings. The molecule has 0 radical (unpaired) electrons. The lowest BCUT2D eigenvalue weighted by Gasteiger charge is -2.28. The maximum atomic E-state index is 8.96. The average Bonchev–Trinajstić information content (AvgIpc) is 2.35. The van der Waals surface area contributed by atoms with E-state index in [0.29, 0.717) is 12.3 Å². The Labute approximate surface area is 110 Å². The molecule has 0 aliphatic carbocycles. The molecule has 1 atom stereocenters. The van der Waals surface area contributed by atoms with Crippen LogP contribution in [0, 0.1) is 0 Å². The highest BCUT2D eigenvalue weighted by atomic mass is 16.5. The lowest BCUT2D eigenvalue weighted by molar-refractivity contribution is 0.263. The molecule has 0 aromatic heterocycles. The van der Waals surface area contributed by atoms with Gasteiger partial charge in [-0.3, -0.25) is 0 Å². The Morgan fingerprint density at radius 2 is 2.06 bits per heavy atom. The Morgan fingerprint density at radius 3 is 2.56 bits per heavy atom. The number of ether oxygens (including phenoxy) is 1. The van der Waals surface area contributed by atoms with Gasteiger partial charge in [-0.1, -0.05) is 19.9 Å². The summed E-state index contributed by atoms with van der Waals surface area (Å²) in [5, 5.41) is 8.96. The Balaban J connectivity index is 3.14. The number of aliphatic hydroxyl groups excluding tert-OH is 1. The van der Waals surface area contributed by atoms with E-state index >= 15 is 0 Å². The predicted molar refractivity (Wildman–Crippen MR) is 74.9 cm³/mol. The highest BCUT2D eigenvalue weighted by Gasteiger charge is 2.25. The first-order valence-electron chi connectivity index (χ1n) is 6.50. The van der Waals surface area contributed by atoms with Crippen LogP contribution in [-0.4, -0.2) is 18.8 Å². The average molecular weight is 251 g/mol. The summed E-state index contributed by atoms with van der Waals surface area (Å²) in [6.45, 7) is 6.48. The molecule has 3 heteroatoms. The third-order valence-corrected chi connectivity index (χ3v) is 3.36. The summed E-state index contributed by atoms with van der Waals surface area (Å²) in [5.74, 6) is 1.28. The van der Waals surface area contributed by atoms with Crippen molar-refractivity contribution in [3.8, 4) is 5.75 Å². The van der Waals surface area contributed by atoms with E-state index in [0.717, 1.165) is 17.7 Å². The van der Waals surface area contributed by atoms with Crippen molar-refractivity contribution in [3.63, 3.8) is 0 Å². The summed E-state index contributed by atoms with van der Waals surface area (Å²) in [5.41, 5.74) is 8.18. The molecule has 1 rings (SSSR count). The van der Waals surface area contributed by atoms with E-state index in [9.17, 15) is 0 Å². The zero-order chi connectivity index (χ0) is 13.8. The van der Waals surface area contributed by atoms with E-state index in [1.54, 1.807) is 7.11 Å². The van der Waals surface area contributed by atoms with Crippen LogP contribution in [0.4, 0.5) is 0 Å². The van der Waals surface area contributed by atoms with Gasteiger partial charge in [0.15, 0.2) is 0 Å². The van der Waals surface area contributed by atoms with E-state index in [1.165, 1.54) is 5.56 Å². The fourth-order valence-corrected chi connectivity index (χ4v) is 2.11. The first kappa shape index (κ1) is 15.0. The third kappa shape index (κ3) is 3.47. The molecule has 0 saturated heterocycles. The molecule has 0 amide bonds. The molecule has 1 aromatic rings. The first-order chi connectivity index (χ1) is 8.42. The van der Waals surface area contributed by atoms with Crippen LogP contribution in [0.25, 0.3) is 0 Å². The van der Waals surface area contributed by atoms with Crippen molar-refractivity contribution in [2.75, 3.05) is 13.7 Å². The number of methoxy groups -OCH3 is 1. The van der Waals surface area contributed by atoms with Gasteiger partial charge in [-0.15, -0.1) is 0 Å².